The number of hydrogen-bond donors (Lipinski definition) is 1. The third-order valence-electron chi connectivity index (χ3n) is 3.80. The summed E-state index contributed by atoms with van der Waals surface area (Å²) in [6, 6.07) is 6.65. The fourth-order valence-electron chi connectivity index (χ4n) is 2.48. The van der Waals surface area contributed by atoms with Gasteiger partial charge in [-0.2, -0.15) is 8.78 Å². The predicted molar refractivity (Wildman–Crippen MR) is 121 cm³/mol. The van der Waals surface area contributed by atoms with Crippen molar-refractivity contribution in [3.63, 3.8) is 0 Å². The summed E-state index contributed by atoms with van der Waals surface area (Å²) in [6.07, 6.45) is 3.75. The summed E-state index contributed by atoms with van der Waals surface area (Å²) >= 11 is 1.73. The highest BCUT2D eigenvalue weighted by Crippen LogP contribution is 2.16. The summed E-state index contributed by atoms with van der Waals surface area (Å²) in [5.41, 5.74) is 0.984. The van der Waals surface area contributed by atoms with Crippen LogP contribution in [0.4, 0.5) is 8.78 Å². The molecule has 0 saturated heterocycles. The van der Waals surface area contributed by atoms with Crippen molar-refractivity contribution in [3.05, 3.63) is 45.9 Å². The average molecular weight is 524 g/mol. The Balaban J connectivity index is 0.00000392. The minimum absolute atomic E-state index is 0. The molecule has 5 nitrogen and oxygen atoms in total. The minimum atomic E-state index is -2.81. The number of halogens is 3. The maximum absolute atomic E-state index is 12.2. The van der Waals surface area contributed by atoms with E-state index in [4.69, 9.17) is 0 Å². The molecule has 0 radical (unpaired) electrons. The van der Waals surface area contributed by atoms with Gasteiger partial charge >= 0.3 is 6.61 Å². The molecule has 9 heteroatoms. The summed E-state index contributed by atoms with van der Waals surface area (Å²) in [5, 5.41) is 4.38. The van der Waals surface area contributed by atoms with Gasteiger partial charge in [0.25, 0.3) is 0 Å². The van der Waals surface area contributed by atoms with E-state index in [-0.39, 0.29) is 29.7 Å². The zero-order chi connectivity index (χ0) is 19.6. The van der Waals surface area contributed by atoms with E-state index < -0.39 is 6.61 Å². The molecule has 1 N–H and O–H groups in total. The summed E-state index contributed by atoms with van der Waals surface area (Å²) in [6.45, 7) is 3.37. The molecule has 0 amide bonds. The second-order valence-electron chi connectivity index (χ2n) is 5.94. The van der Waals surface area contributed by atoms with Crippen LogP contribution in [0.2, 0.25) is 0 Å². The normalized spacial score (nSPS) is 11.3. The van der Waals surface area contributed by atoms with Crippen LogP contribution in [0.1, 0.15) is 29.3 Å². The second kappa shape index (κ2) is 12.9. The Morgan fingerprint density at radius 3 is 2.57 bits per heavy atom. The monoisotopic (exact) mass is 524 g/mol. The maximum atomic E-state index is 12.2. The number of aromatic nitrogens is 1. The predicted octanol–water partition coefficient (Wildman–Crippen LogP) is 4.56. The number of benzene rings is 1. The van der Waals surface area contributed by atoms with E-state index in [1.807, 2.05) is 25.1 Å². The highest BCUT2D eigenvalue weighted by atomic mass is 127. The van der Waals surface area contributed by atoms with E-state index in [9.17, 15) is 8.78 Å². The standard InChI is InChI=1S/C19H26F2N4OS.HI/c1-4-16-12-24-17(27-16)10-11-23-19(22-5-2)25(3)13-14-6-8-15(9-7-14)26-18(20)21;/h6-9,12,18H,4-5,10-11,13H2,1-3H3,(H,22,23);1H. The van der Waals surface area contributed by atoms with Crippen LogP contribution in [-0.4, -0.2) is 42.6 Å². The Morgan fingerprint density at radius 2 is 2.00 bits per heavy atom. The molecule has 1 aromatic carbocycles. The lowest BCUT2D eigenvalue weighted by atomic mass is 10.2. The van der Waals surface area contributed by atoms with Gasteiger partial charge in [0.2, 0.25) is 0 Å². The lowest BCUT2D eigenvalue weighted by Crippen LogP contribution is -2.38. The molecule has 0 atom stereocenters. The molecule has 0 spiro atoms. The number of nitrogens with zero attached hydrogens (tertiary/aromatic N) is 3. The van der Waals surface area contributed by atoms with E-state index in [1.54, 1.807) is 35.6 Å². The molecule has 0 aliphatic carbocycles. The zero-order valence-corrected chi connectivity index (χ0v) is 19.5. The van der Waals surface area contributed by atoms with Crippen molar-refractivity contribution >= 4 is 41.3 Å². The molecule has 0 bridgehead atoms. The van der Waals surface area contributed by atoms with Gasteiger partial charge in [0.05, 0.1) is 5.01 Å². The van der Waals surface area contributed by atoms with Gasteiger partial charge in [-0.25, -0.2) is 4.98 Å². The number of guanidine groups is 1. The average Bonchev–Trinajstić information content (AvgIpc) is 3.10. The molecule has 156 valence electrons. The Bertz CT molecular complexity index is 725. The van der Waals surface area contributed by atoms with Gasteiger partial charge in [0, 0.05) is 44.2 Å². The largest absolute Gasteiger partial charge is 0.435 e. The molecular formula is C19H27F2IN4OS. The van der Waals surface area contributed by atoms with Crippen molar-refractivity contribution in [1.29, 1.82) is 0 Å². The molecular weight excluding hydrogens is 497 g/mol. The minimum Gasteiger partial charge on any atom is -0.435 e. The summed E-state index contributed by atoms with van der Waals surface area (Å²) in [5.74, 6) is 0.963. The van der Waals surface area contributed by atoms with Crippen molar-refractivity contribution in [2.24, 2.45) is 4.99 Å². The first-order valence-corrected chi connectivity index (χ1v) is 9.80. The van der Waals surface area contributed by atoms with Gasteiger partial charge in [-0.1, -0.05) is 19.1 Å². The van der Waals surface area contributed by atoms with Crippen molar-refractivity contribution < 1.29 is 13.5 Å². The topological polar surface area (TPSA) is 49.8 Å². The number of nitrogens with one attached hydrogen (secondary N) is 1. The lowest BCUT2D eigenvalue weighted by Gasteiger charge is -2.22. The lowest BCUT2D eigenvalue weighted by molar-refractivity contribution is -0.0498. The first-order valence-electron chi connectivity index (χ1n) is 8.98. The van der Waals surface area contributed by atoms with Crippen molar-refractivity contribution in [2.75, 3.05) is 20.1 Å². The fraction of sp³-hybridized carbons (Fsp3) is 0.474. The zero-order valence-electron chi connectivity index (χ0n) is 16.3. The van der Waals surface area contributed by atoms with Gasteiger partial charge in [-0.3, -0.25) is 4.99 Å². The van der Waals surface area contributed by atoms with Crippen LogP contribution in [0.25, 0.3) is 0 Å². The van der Waals surface area contributed by atoms with Gasteiger partial charge in [-0.15, -0.1) is 35.3 Å². The number of hydrogen-bond acceptors (Lipinski definition) is 4. The van der Waals surface area contributed by atoms with Gasteiger partial charge < -0.3 is 15.0 Å². The molecule has 2 rings (SSSR count). The first-order chi connectivity index (χ1) is 13.0. The second-order valence-corrected chi connectivity index (χ2v) is 7.14. The molecule has 0 fully saturated rings. The van der Waals surface area contributed by atoms with E-state index in [0.29, 0.717) is 13.1 Å². The molecule has 0 saturated carbocycles. The molecule has 2 aromatic rings. The number of ether oxygens (including phenoxy) is 1. The Hall–Kier alpha value is -1.49. The molecule has 1 aromatic heterocycles. The maximum Gasteiger partial charge on any atom is 0.387 e. The molecule has 1 heterocycles. The quantitative estimate of drug-likeness (QED) is 0.297. The highest BCUT2D eigenvalue weighted by Gasteiger charge is 2.08. The van der Waals surface area contributed by atoms with Crippen LogP contribution in [-0.2, 0) is 19.4 Å². The SMILES string of the molecule is CCNC(=NCCc1ncc(CC)s1)N(C)Cc1ccc(OC(F)F)cc1.I. The fourth-order valence-corrected chi connectivity index (χ4v) is 3.33. The number of thiazole rings is 1. The van der Waals surface area contributed by atoms with Crippen molar-refractivity contribution in [1.82, 2.24) is 15.2 Å². The first kappa shape index (κ1) is 24.5. The van der Waals surface area contributed by atoms with Crippen LogP contribution < -0.4 is 10.1 Å². The van der Waals surface area contributed by atoms with E-state index in [0.717, 1.165) is 35.9 Å². The third kappa shape index (κ3) is 8.26. The molecule has 0 unspecified atom stereocenters. The third-order valence-corrected chi connectivity index (χ3v) is 5.00. The Morgan fingerprint density at radius 1 is 1.29 bits per heavy atom. The van der Waals surface area contributed by atoms with Crippen molar-refractivity contribution in [3.8, 4) is 5.75 Å². The number of aliphatic imine (C=N–C) groups is 1. The number of rotatable bonds is 9. The highest BCUT2D eigenvalue weighted by molar-refractivity contribution is 14.0. The van der Waals surface area contributed by atoms with Gasteiger partial charge in [0.15, 0.2) is 5.96 Å². The molecule has 0 aliphatic heterocycles. The van der Waals surface area contributed by atoms with Gasteiger partial charge in [0.1, 0.15) is 5.75 Å². The van der Waals surface area contributed by atoms with E-state index in [1.165, 1.54) is 4.88 Å². The van der Waals surface area contributed by atoms with Crippen LogP contribution in [0, 0.1) is 0 Å². The summed E-state index contributed by atoms with van der Waals surface area (Å²) < 4.78 is 28.8. The van der Waals surface area contributed by atoms with Gasteiger partial charge in [-0.05, 0) is 31.0 Å². The van der Waals surface area contributed by atoms with Crippen LogP contribution >= 0.6 is 35.3 Å². The van der Waals surface area contributed by atoms with Crippen molar-refractivity contribution in [2.45, 2.75) is 39.8 Å². The smallest absolute Gasteiger partial charge is 0.387 e. The molecule has 0 aliphatic rings. The van der Waals surface area contributed by atoms with Crippen LogP contribution in [0.15, 0.2) is 35.5 Å². The Labute approximate surface area is 186 Å². The number of alkyl halides is 2. The number of aryl methyl sites for hydroxylation is 1. The summed E-state index contributed by atoms with van der Waals surface area (Å²) in [4.78, 5) is 12.4. The molecule has 28 heavy (non-hydrogen) atoms. The van der Waals surface area contributed by atoms with E-state index in [2.05, 4.69) is 27.0 Å². The summed E-state index contributed by atoms with van der Waals surface area (Å²) in [7, 11) is 1.95. The van der Waals surface area contributed by atoms with Crippen LogP contribution in [0.5, 0.6) is 5.75 Å². The Kier molecular flexibility index (Phi) is 11.3. The van der Waals surface area contributed by atoms with E-state index >= 15 is 0 Å². The van der Waals surface area contributed by atoms with Crippen LogP contribution in [0.3, 0.4) is 0 Å².